The largest absolute Gasteiger partial charge is 0.0587 e. The fraction of sp³-hybridized carbons (Fsp3) is 0.250. The van der Waals surface area contributed by atoms with Gasteiger partial charge in [-0.25, -0.2) is 0 Å². The minimum Gasteiger partial charge on any atom is -0.0587 e. The lowest BCUT2D eigenvalue weighted by molar-refractivity contribution is 0.659. The summed E-state index contributed by atoms with van der Waals surface area (Å²) in [6.45, 7) is 13.8. The van der Waals surface area contributed by atoms with E-state index in [0.29, 0.717) is 0 Å². The minimum atomic E-state index is 0.0243. The standard InChI is InChI=1S/C32H30/c1-19-7-11-23-25-13-9-21(17-29(25)31(3,4)27(23)15-19)22-10-14-26-24-12-8-20(2)16-28(24)32(5,6)30(26)18-22/h7-18H,1-6H3. The maximum Gasteiger partial charge on any atom is 0.0159 e. The van der Waals surface area contributed by atoms with Gasteiger partial charge in [0.15, 0.2) is 0 Å². The molecule has 2 aliphatic carbocycles. The Labute approximate surface area is 192 Å². The van der Waals surface area contributed by atoms with Gasteiger partial charge in [-0.15, -0.1) is 0 Å². The molecule has 0 radical (unpaired) electrons. The topological polar surface area (TPSA) is 0 Å². The zero-order valence-corrected chi connectivity index (χ0v) is 19.9. The molecule has 32 heavy (non-hydrogen) atoms. The van der Waals surface area contributed by atoms with Crippen LogP contribution >= 0.6 is 0 Å². The highest BCUT2D eigenvalue weighted by atomic mass is 14.4. The van der Waals surface area contributed by atoms with Crippen LogP contribution in [0.5, 0.6) is 0 Å². The van der Waals surface area contributed by atoms with Crippen molar-refractivity contribution in [3.05, 3.63) is 106 Å². The van der Waals surface area contributed by atoms with Gasteiger partial charge in [0.2, 0.25) is 0 Å². The third-order valence-electron chi connectivity index (χ3n) is 8.00. The molecule has 0 aromatic heterocycles. The van der Waals surface area contributed by atoms with Crippen molar-refractivity contribution in [2.45, 2.75) is 52.4 Å². The molecule has 2 aliphatic rings. The Morgan fingerprint density at radius 1 is 0.406 bits per heavy atom. The van der Waals surface area contributed by atoms with E-state index in [4.69, 9.17) is 0 Å². The van der Waals surface area contributed by atoms with Crippen LogP contribution < -0.4 is 0 Å². The van der Waals surface area contributed by atoms with E-state index in [1.165, 1.54) is 66.8 Å². The van der Waals surface area contributed by atoms with Crippen LogP contribution in [0.15, 0.2) is 72.8 Å². The van der Waals surface area contributed by atoms with Crippen molar-refractivity contribution < 1.29 is 0 Å². The summed E-state index contributed by atoms with van der Waals surface area (Å²) in [5.41, 5.74) is 16.7. The molecule has 0 bridgehead atoms. The first-order valence-electron chi connectivity index (χ1n) is 11.7. The SMILES string of the molecule is Cc1ccc2c(c1)C(C)(C)c1cc(-c3ccc4c(c3)C(C)(C)c3cc(C)ccc3-4)ccc1-2. The summed E-state index contributed by atoms with van der Waals surface area (Å²) in [6, 6.07) is 28.0. The number of hydrogen-bond donors (Lipinski definition) is 0. The van der Waals surface area contributed by atoms with Gasteiger partial charge in [-0.05, 0) is 81.6 Å². The van der Waals surface area contributed by atoms with Crippen LogP contribution in [0.2, 0.25) is 0 Å². The van der Waals surface area contributed by atoms with Crippen molar-refractivity contribution in [1.29, 1.82) is 0 Å². The predicted octanol–water partition coefficient (Wildman–Crippen LogP) is 8.58. The minimum absolute atomic E-state index is 0.0243. The van der Waals surface area contributed by atoms with Crippen molar-refractivity contribution in [1.82, 2.24) is 0 Å². The summed E-state index contributed by atoms with van der Waals surface area (Å²) in [7, 11) is 0. The third kappa shape index (κ3) is 2.50. The lowest BCUT2D eigenvalue weighted by Gasteiger charge is -2.23. The Balaban J connectivity index is 1.49. The first-order chi connectivity index (χ1) is 15.2. The Bertz CT molecular complexity index is 1320. The number of aryl methyl sites for hydroxylation is 2. The van der Waals surface area contributed by atoms with Crippen LogP contribution in [-0.4, -0.2) is 0 Å². The first-order valence-corrected chi connectivity index (χ1v) is 11.7. The fourth-order valence-corrected chi connectivity index (χ4v) is 6.06. The maximum absolute atomic E-state index is 2.44. The second-order valence-electron chi connectivity index (χ2n) is 10.9. The molecule has 0 heteroatoms. The van der Waals surface area contributed by atoms with Crippen LogP contribution in [0.25, 0.3) is 33.4 Å². The zero-order chi connectivity index (χ0) is 22.4. The van der Waals surface area contributed by atoms with Crippen molar-refractivity contribution >= 4 is 0 Å². The quantitative estimate of drug-likeness (QED) is 0.292. The molecule has 0 N–H and O–H groups in total. The molecule has 0 spiro atoms. The lowest BCUT2D eigenvalue weighted by atomic mass is 9.80. The smallest absolute Gasteiger partial charge is 0.0159 e. The molecule has 0 saturated heterocycles. The van der Waals surface area contributed by atoms with E-state index in [9.17, 15) is 0 Å². The number of rotatable bonds is 1. The highest BCUT2D eigenvalue weighted by molar-refractivity contribution is 5.86. The predicted molar refractivity (Wildman–Crippen MR) is 136 cm³/mol. The molecular weight excluding hydrogens is 384 g/mol. The van der Waals surface area contributed by atoms with Crippen molar-refractivity contribution in [3.63, 3.8) is 0 Å². The van der Waals surface area contributed by atoms with Crippen LogP contribution in [0.3, 0.4) is 0 Å². The van der Waals surface area contributed by atoms with E-state index in [0.717, 1.165) is 0 Å². The number of hydrogen-bond acceptors (Lipinski definition) is 0. The number of benzene rings is 4. The molecule has 0 saturated carbocycles. The van der Waals surface area contributed by atoms with E-state index < -0.39 is 0 Å². The lowest BCUT2D eigenvalue weighted by Crippen LogP contribution is -2.15. The molecule has 4 aromatic rings. The molecule has 6 rings (SSSR count). The molecule has 0 aliphatic heterocycles. The van der Waals surface area contributed by atoms with Crippen molar-refractivity contribution in [2.24, 2.45) is 0 Å². The van der Waals surface area contributed by atoms with Gasteiger partial charge >= 0.3 is 0 Å². The molecule has 0 heterocycles. The van der Waals surface area contributed by atoms with Crippen molar-refractivity contribution in [3.8, 4) is 33.4 Å². The van der Waals surface area contributed by atoms with Gasteiger partial charge in [0, 0.05) is 10.8 Å². The monoisotopic (exact) mass is 414 g/mol. The van der Waals surface area contributed by atoms with Gasteiger partial charge in [0.25, 0.3) is 0 Å². The van der Waals surface area contributed by atoms with Gasteiger partial charge in [0.05, 0.1) is 0 Å². The van der Waals surface area contributed by atoms with Gasteiger partial charge in [-0.3, -0.25) is 0 Å². The molecule has 0 nitrogen and oxygen atoms in total. The van der Waals surface area contributed by atoms with Crippen molar-refractivity contribution in [2.75, 3.05) is 0 Å². The van der Waals surface area contributed by atoms with E-state index >= 15 is 0 Å². The average molecular weight is 415 g/mol. The highest BCUT2D eigenvalue weighted by Crippen LogP contribution is 2.52. The van der Waals surface area contributed by atoms with E-state index in [2.05, 4.69) is 114 Å². The summed E-state index contributed by atoms with van der Waals surface area (Å²) >= 11 is 0. The summed E-state index contributed by atoms with van der Waals surface area (Å²) in [5.74, 6) is 0. The summed E-state index contributed by atoms with van der Waals surface area (Å²) in [5, 5.41) is 0. The van der Waals surface area contributed by atoms with Crippen LogP contribution in [0.1, 0.15) is 61.1 Å². The summed E-state index contributed by atoms with van der Waals surface area (Å²) in [4.78, 5) is 0. The van der Waals surface area contributed by atoms with Gasteiger partial charge in [-0.1, -0.05) is 99.5 Å². The van der Waals surface area contributed by atoms with Gasteiger partial charge < -0.3 is 0 Å². The zero-order valence-electron chi connectivity index (χ0n) is 19.9. The maximum atomic E-state index is 2.44. The Hall–Kier alpha value is -3.12. The molecule has 0 fully saturated rings. The molecular formula is C32H30. The highest BCUT2D eigenvalue weighted by Gasteiger charge is 2.37. The Morgan fingerprint density at radius 2 is 0.719 bits per heavy atom. The Morgan fingerprint density at radius 3 is 1.09 bits per heavy atom. The molecule has 0 amide bonds. The molecule has 158 valence electrons. The second kappa shape index (κ2) is 6.23. The van der Waals surface area contributed by atoms with E-state index in [1.54, 1.807) is 0 Å². The third-order valence-corrected chi connectivity index (χ3v) is 8.00. The van der Waals surface area contributed by atoms with Crippen LogP contribution in [0, 0.1) is 13.8 Å². The summed E-state index contributed by atoms with van der Waals surface area (Å²) in [6.07, 6.45) is 0. The van der Waals surface area contributed by atoms with Gasteiger partial charge in [-0.2, -0.15) is 0 Å². The fourth-order valence-electron chi connectivity index (χ4n) is 6.06. The van der Waals surface area contributed by atoms with Crippen LogP contribution in [-0.2, 0) is 10.8 Å². The molecule has 4 aromatic carbocycles. The van der Waals surface area contributed by atoms with Crippen LogP contribution in [0.4, 0.5) is 0 Å². The summed E-state index contributed by atoms with van der Waals surface area (Å²) < 4.78 is 0. The Kier molecular flexibility index (Phi) is 3.81. The van der Waals surface area contributed by atoms with E-state index in [1.807, 2.05) is 0 Å². The van der Waals surface area contributed by atoms with Gasteiger partial charge in [0.1, 0.15) is 0 Å². The molecule has 0 atom stereocenters. The average Bonchev–Trinajstić information content (AvgIpc) is 3.12. The normalized spacial score (nSPS) is 16.3. The molecule has 0 unspecified atom stereocenters. The number of fused-ring (bicyclic) bond motifs is 6. The first kappa shape index (κ1) is 19.6. The van der Waals surface area contributed by atoms with E-state index in [-0.39, 0.29) is 10.8 Å². The second-order valence-corrected chi connectivity index (χ2v) is 10.9.